The van der Waals surface area contributed by atoms with Crippen LogP contribution in [-0.2, 0) is 6.42 Å². The number of benzene rings is 1. The maximum absolute atomic E-state index is 9.84. The molecule has 0 saturated carbocycles. The minimum absolute atomic E-state index is 0.193. The maximum atomic E-state index is 9.84. The van der Waals surface area contributed by atoms with Gasteiger partial charge in [-0.05, 0) is 35.3 Å². The third-order valence-electron chi connectivity index (χ3n) is 2.32. The van der Waals surface area contributed by atoms with E-state index in [0.717, 1.165) is 16.5 Å². The predicted molar refractivity (Wildman–Crippen MR) is 66.3 cm³/mol. The molecule has 4 nitrogen and oxygen atoms in total. The number of phenolic OH excluding ortho intramolecular Hbond substituents is 1. The monoisotopic (exact) mass is 289 g/mol. The van der Waals surface area contributed by atoms with E-state index in [0.29, 0.717) is 24.5 Å². The van der Waals surface area contributed by atoms with Gasteiger partial charge in [0.25, 0.3) is 0 Å². The SMILES string of the molecule is COc1cc(O)c(CCCN)c(Br)c1OC. The molecule has 0 amide bonds. The number of halogens is 1. The summed E-state index contributed by atoms with van der Waals surface area (Å²) in [7, 11) is 3.09. The molecule has 16 heavy (non-hydrogen) atoms. The lowest BCUT2D eigenvalue weighted by atomic mass is 10.1. The lowest BCUT2D eigenvalue weighted by molar-refractivity contribution is 0.348. The van der Waals surface area contributed by atoms with Crippen molar-refractivity contribution in [3.8, 4) is 17.2 Å². The van der Waals surface area contributed by atoms with Crippen LogP contribution in [0.15, 0.2) is 10.5 Å². The van der Waals surface area contributed by atoms with Gasteiger partial charge in [0.05, 0.1) is 18.7 Å². The Kier molecular flexibility index (Phi) is 4.89. The largest absolute Gasteiger partial charge is 0.507 e. The molecule has 90 valence electrons. The number of nitrogens with two attached hydrogens (primary N) is 1. The Hall–Kier alpha value is -0.940. The van der Waals surface area contributed by atoms with Crippen LogP contribution in [0.5, 0.6) is 17.2 Å². The van der Waals surface area contributed by atoms with Gasteiger partial charge in [0.2, 0.25) is 0 Å². The summed E-state index contributed by atoms with van der Waals surface area (Å²) in [6, 6.07) is 1.55. The fourth-order valence-electron chi connectivity index (χ4n) is 1.49. The van der Waals surface area contributed by atoms with E-state index in [1.807, 2.05) is 0 Å². The van der Waals surface area contributed by atoms with E-state index >= 15 is 0 Å². The van der Waals surface area contributed by atoms with Gasteiger partial charge in [0.15, 0.2) is 11.5 Å². The molecule has 0 unspecified atom stereocenters. The topological polar surface area (TPSA) is 64.7 Å². The molecule has 0 fully saturated rings. The normalized spacial score (nSPS) is 10.2. The van der Waals surface area contributed by atoms with E-state index in [4.69, 9.17) is 15.2 Å². The van der Waals surface area contributed by atoms with Crippen molar-refractivity contribution >= 4 is 15.9 Å². The summed E-state index contributed by atoms with van der Waals surface area (Å²) in [6.45, 7) is 0.584. The average Bonchev–Trinajstić information content (AvgIpc) is 2.28. The molecule has 0 radical (unpaired) electrons. The number of ether oxygens (including phenoxy) is 2. The van der Waals surface area contributed by atoms with E-state index in [2.05, 4.69) is 15.9 Å². The minimum Gasteiger partial charge on any atom is -0.507 e. The van der Waals surface area contributed by atoms with Crippen molar-refractivity contribution in [1.82, 2.24) is 0 Å². The molecule has 1 rings (SSSR count). The average molecular weight is 290 g/mol. The number of aromatic hydroxyl groups is 1. The lowest BCUT2D eigenvalue weighted by Gasteiger charge is -2.14. The molecule has 1 aromatic carbocycles. The van der Waals surface area contributed by atoms with Crippen molar-refractivity contribution < 1.29 is 14.6 Å². The van der Waals surface area contributed by atoms with Gasteiger partial charge in [-0.15, -0.1) is 0 Å². The van der Waals surface area contributed by atoms with Crippen LogP contribution in [0.1, 0.15) is 12.0 Å². The Morgan fingerprint density at radius 1 is 1.38 bits per heavy atom. The van der Waals surface area contributed by atoms with Crippen molar-refractivity contribution in [1.29, 1.82) is 0 Å². The van der Waals surface area contributed by atoms with Crippen molar-refractivity contribution in [3.05, 3.63) is 16.1 Å². The van der Waals surface area contributed by atoms with E-state index in [9.17, 15) is 5.11 Å². The van der Waals surface area contributed by atoms with Crippen LogP contribution in [0.2, 0.25) is 0 Å². The van der Waals surface area contributed by atoms with E-state index < -0.39 is 0 Å². The number of methoxy groups -OCH3 is 2. The van der Waals surface area contributed by atoms with E-state index in [1.165, 1.54) is 7.11 Å². The molecule has 0 aliphatic carbocycles. The highest BCUT2D eigenvalue weighted by Gasteiger charge is 2.16. The molecule has 0 spiro atoms. The molecular formula is C11H16BrNO3. The molecule has 0 atom stereocenters. The van der Waals surface area contributed by atoms with Crippen LogP contribution in [0, 0.1) is 0 Å². The van der Waals surface area contributed by atoms with Crippen LogP contribution in [0.25, 0.3) is 0 Å². The molecule has 0 saturated heterocycles. The lowest BCUT2D eigenvalue weighted by Crippen LogP contribution is -2.02. The number of hydrogen-bond donors (Lipinski definition) is 2. The fourth-order valence-corrected chi connectivity index (χ4v) is 2.25. The first-order valence-corrected chi connectivity index (χ1v) is 5.77. The van der Waals surface area contributed by atoms with Gasteiger partial charge in [-0.2, -0.15) is 0 Å². The van der Waals surface area contributed by atoms with E-state index in [-0.39, 0.29) is 5.75 Å². The van der Waals surface area contributed by atoms with E-state index in [1.54, 1.807) is 13.2 Å². The van der Waals surface area contributed by atoms with Gasteiger partial charge in [0.1, 0.15) is 5.75 Å². The van der Waals surface area contributed by atoms with Gasteiger partial charge < -0.3 is 20.3 Å². The smallest absolute Gasteiger partial charge is 0.175 e. The minimum atomic E-state index is 0.193. The Morgan fingerprint density at radius 2 is 2.06 bits per heavy atom. The zero-order valence-electron chi connectivity index (χ0n) is 9.42. The summed E-state index contributed by atoms with van der Waals surface area (Å²) in [5.41, 5.74) is 6.24. The molecule has 0 heterocycles. The Balaban J connectivity index is 3.18. The van der Waals surface area contributed by atoms with Gasteiger partial charge in [-0.3, -0.25) is 0 Å². The van der Waals surface area contributed by atoms with Crippen molar-refractivity contribution in [3.63, 3.8) is 0 Å². The third-order valence-corrected chi connectivity index (χ3v) is 3.16. The summed E-state index contributed by atoms with van der Waals surface area (Å²) in [5, 5.41) is 9.84. The molecule has 0 aliphatic heterocycles. The number of phenols is 1. The van der Waals surface area contributed by atoms with Gasteiger partial charge in [-0.1, -0.05) is 0 Å². The molecule has 1 aromatic rings. The van der Waals surface area contributed by atoms with Crippen LogP contribution < -0.4 is 15.2 Å². The second kappa shape index (κ2) is 5.96. The fraction of sp³-hybridized carbons (Fsp3) is 0.455. The zero-order valence-corrected chi connectivity index (χ0v) is 11.0. The zero-order chi connectivity index (χ0) is 12.1. The van der Waals surface area contributed by atoms with Gasteiger partial charge in [-0.25, -0.2) is 0 Å². The summed E-state index contributed by atoms with van der Waals surface area (Å²) in [6.07, 6.45) is 1.50. The second-order valence-electron chi connectivity index (χ2n) is 3.32. The summed E-state index contributed by atoms with van der Waals surface area (Å²) < 4.78 is 11.1. The molecular weight excluding hydrogens is 274 g/mol. The Morgan fingerprint density at radius 3 is 2.56 bits per heavy atom. The molecule has 0 aliphatic rings. The quantitative estimate of drug-likeness (QED) is 0.871. The first-order chi connectivity index (χ1) is 7.65. The number of rotatable bonds is 5. The number of hydrogen-bond acceptors (Lipinski definition) is 4. The summed E-state index contributed by atoms with van der Waals surface area (Å²) in [5.74, 6) is 1.29. The Labute approximate surface area is 103 Å². The van der Waals surface area contributed by atoms with Crippen molar-refractivity contribution in [2.24, 2.45) is 5.73 Å². The van der Waals surface area contributed by atoms with Crippen molar-refractivity contribution in [2.45, 2.75) is 12.8 Å². The molecule has 0 bridgehead atoms. The third kappa shape index (κ3) is 2.59. The Bertz CT molecular complexity index is 369. The van der Waals surface area contributed by atoms with Crippen LogP contribution in [-0.4, -0.2) is 25.9 Å². The maximum Gasteiger partial charge on any atom is 0.175 e. The highest BCUT2D eigenvalue weighted by molar-refractivity contribution is 9.10. The highest BCUT2D eigenvalue weighted by atomic mass is 79.9. The van der Waals surface area contributed by atoms with Crippen molar-refractivity contribution in [2.75, 3.05) is 20.8 Å². The molecule has 0 aromatic heterocycles. The first-order valence-electron chi connectivity index (χ1n) is 4.98. The molecule has 5 heteroatoms. The van der Waals surface area contributed by atoms with Crippen LogP contribution >= 0.6 is 15.9 Å². The first kappa shape index (κ1) is 13.1. The van der Waals surface area contributed by atoms with Crippen LogP contribution in [0.4, 0.5) is 0 Å². The standard InChI is InChI=1S/C11H16BrNO3/c1-15-9-6-8(14)7(4-3-5-13)10(12)11(9)16-2/h6,14H,3-5,13H2,1-2H3. The van der Waals surface area contributed by atoms with Gasteiger partial charge in [0, 0.05) is 11.6 Å². The highest BCUT2D eigenvalue weighted by Crippen LogP contribution is 2.42. The predicted octanol–water partition coefficient (Wildman–Crippen LogP) is 2.06. The summed E-state index contributed by atoms with van der Waals surface area (Å²) >= 11 is 3.41. The summed E-state index contributed by atoms with van der Waals surface area (Å²) in [4.78, 5) is 0. The second-order valence-corrected chi connectivity index (χ2v) is 4.11. The molecule has 3 N–H and O–H groups in total. The van der Waals surface area contributed by atoms with Crippen LogP contribution in [0.3, 0.4) is 0 Å². The van der Waals surface area contributed by atoms with Gasteiger partial charge >= 0.3 is 0 Å².